The highest BCUT2D eigenvalue weighted by molar-refractivity contribution is 5.94. The first-order valence-corrected chi connectivity index (χ1v) is 7.35. The van der Waals surface area contributed by atoms with Crippen LogP contribution >= 0.6 is 0 Å². The summed E-state index contributed by atoms with van der Waals surface area (Å²) in [5.74, 6) is 0.528. The predicted molar refractivity (Wildman–Crippen MR) is 76.9 cm³/mol. The fraction of sp³-hybridized carbons (Fsp3) is 0.562. The Kier molecular flexibility index (Phi) is 3.23. The van der Waals surface area contributed by atoms with Gasteiger partial charge in [-0.15, -0.1) is 0 Å². The molecule has 3 aliphatic carbocycles. The summed E-state index contributed by atoms with van der Waals surface area (Å²) < 4.78 is 5.61. The van der Waals surface area contributed by atoms with Crippen molar-refractivity contribution in [1.29, 1.82) is 0 Å². The SMILES string of the molecule is CC1(C)[C@H]2CC[C@H](OC(=O)c3ccccc3[N+](=O)[O-])[C@@H]1C2. The first-order valence-electron chi connectivity index (χ1n) is 7.35. The number of esters is 1. The standard InChI is InChI=1S/C16H19NO4/c1-16(2)10-7-8-14(12(16)9-10)21-15(18)11-5-3-4-6-13(11)17(19)20/h3-6,10,12,14H,7-9H2,1-2H3/t10-,12-,14-/m0/s1. The number of nitrogens with zero attached hydrogens (tertiary/aromatic N) is 1. The van der Waals surface area contributed by atoms with E-state index in [0.717, 1.165) is 25.2 Å². The molecule has 0 heterocycles. The first-order chi connectivity index (χ1) is 9.91. The molecule has 0 radical (unpaired) electrons. The highest BCUT2D eigenvalue weighted by atomic mass is 16.6. The van der Waals surface area contributed by atoms with Gasteiger partial charge in [-0.1, -0.05) is 26.0 Å². The van der Waals surface area contributed by atoms with Crippen molar-refractivity contribution in [2.75, 3.05) is 0 Å². The third kappa shape index (κ3) is 2.20. The lowest BCUT2D eigenvalue weighted by Crippen LogP contribution is -2.55. The summed E-state index contributed by atoms with van der Waals surface area (Å²) in [5, 5.41) is 11.0. The molecule has 0 spiro atoms. The molecular formula is C16H19NO4. The molecule has 0 aromatic heterocycles. The minimum absolute atomic E-state index is 0.0433. The van der Waals surface area contributed by atoms with Gasteiger partial charge < -0.3 is 4.74 Å². The number of carbonyl (C=O) groups is 1. The second kappa shape index (κ2) is 4.83. The van der Waals surface area contributed by atoms with Crippen molar-refractivity contribution in [2.45, 2.75) is 39.2 Å². The van der Waals surface area contributed by atoms with Crippen LogP contribution in [0.1, 0.15) is 43.5 Å². The zero-order chi connectivity index (χ0) is 15.2. The van der Waals surface area contributed by atoms with Crippen LogP contribution < -0.4 is 0 Å². The lowest BCUT2D eigenvalue weighted by Gasteiger charge is -2.59. The number of carbonyl (C=O) groups excluding carboxylic acids is 1. The topological polar surface area (TPSA) is 69.4 Å². The van der Waals surface area contributed by atoms with Crippen LogP contribution in [0.2, 0.25) is 0 Å². The number of nitro benzene ring substituents is 1. The molecule has 0 aliphatic heterocycles. The van der Waals surface area contributed by atoms with E-state index in [9.17, 15) is 14.9 Å². The van der Waals surface area contributed by atoms with Crippen LogP contribution in [0.5, 0.6) is 0 Å². The lowest BCUT2D eigenvalue weighted by atomic mass is 9.48. The van der Waals surface area contributed by atoms with Gasteiger partial charge >= 0.3 is 5.97 Å². The van der Waals surface area contributed by atoms with E-state index in [4.69, 9.17) is 4.74 Å². The van der Waals surface area contributed by atoms with E-state index in [0.29, 0.717) is 5.92 Å². The van der Waals surface area contributed by atoms with Crippen LogP contribution in [-0.4, -0.2) is 17.0 Å². The number of para-hydroxylation sites is 1. The summed E-state index contributed by atoms with van der Waals surface area (Å²) in [6, 6.07) is 5.96. The Morgan fingerprint density at radius 1 is 1.33 bits per heavy atom. The number of hydrogen-bond acceptors (Lipinski definition) is 4. The van der Waals surface area contributed by atoms with Gasteiger partial charge in [-0.25, -0.2) is 4.79 Å². The minimum Gasteiger partial charge on any atom is -0.458 e. The number of nitro groups is 1. The number of ether oxygens (including phenoxy) is 1. The summed E-state index contributed by atoms with van der Waals surface area (Å²) >= 11 is 0. The van der Waals surface area contributed by atoms with E-state index in [2.05, 4.69) is 13.8 Å². The molecule has 1 aromatic carbocycles. The summed E-state index contributed by atoms with van der Waals surface area (Å²) in [4.78, 5) is 22.7. The Balaban J connectivity index is 1.77. The molecule has 0 amide bonds. The van der Waals surface area contributed by atoms with Crippen molar-refractivity contribution in [1.82, 2.24) is 0 Å². The number of fused-ring (bicyclic) bond motifs is 2. The van der Waals surface area contributed by atoms with E-state index in [-0.39, 0.29) is 22.8 Å². The molecule has 2 bridgehead atoms. The molecule has 0 saturated heterocycles. The highest BCUT2D eigenvalue weighted by Crippen LogP contribution is 2.59. The maximum Gasteiger partial charge on any atom is 0.345 e. The third-order valence-electron chi connectivity index (χ3n) is 5.37. The first kappa shape index (κ1) is 14.0. The van der Waals surface area contributed by atoms with Gasteiger partial charge in [0.25, 0.3) is 5.69 Å². The number of rotatable bonds is 3. The molecular weight excluding hydrogens is 270 g/mol. The Morgan fingerprint density at radius 2 is 2.05 bits per heavy atom. The van der Waals surface area contributed by atoms with Crippen LogP contribution in [0.25, 0.3) is 0 Å². The summed E-state index contributed by atoms with van der Waals surface area (Å²) in [6.45, 7) is 4.44. The average Bonchev–Trinajstić information content (AvgIpc) is 2.47. The van der Waals surface area contributed by atoms with E-state index >= 15 is 0 Å². The van der Waals surface area contributed by atoms with Crippen LogP contribution in [0.4, 0.5) is 5.69 Å². The van der Waals surface area contributed by atoms with Crippen molar-refractivity contribution < 1.29 is 14.5 Å². The quantitative estimate of drug-likeness (QED) is 0.484. The van der Waals surface area contributed by atoms with Gasteiger partial charge in [0.05, 0.1) is 4.92 Å². The van der Waals surface area contributed by atoms with E-state index in [1.807, 2.05) is 0 Å². The Labute approximate surface area is 123 Å². The summed E-state index contributed by atoms with van der Waals surface area (Å²) in [5.41, 5.74) is 0.0667. The Hall–Kier alpha value is -1.91. The van der Waals surface area contributed by atoms with Crippen LogP contribution in [0, 0.1) is 27.4 Å². The van der Waals surface area contributed by atoms with E-state index < -0.39 is 10.9 Å². The predicted octanol–water partition coefficient (Wildman–Crippen LogP) is 3.58. The second-order valence-electron chi connectivity index (χ2n) is 6.66. The van der Waals surface area contributed by atoms with Gasteiger partial charge in [0.2, 0.25) is 0 Å². The molecule has 5 heteroatoms. The van der Waals surface area contributed by atoms with Gasteiger partial charge in [0.1, 0.15) is 11.7 Å². The van der Waals surface area contributed by atoms with Gasteiger partial charge in [0, 0.05) is 12.0 Å². The Morgan fingerprint density at radius 3 is 2.67 bits per heavy atom. The zero-order valence-electron chi connectivity index (χ0n) is 12.2. The van der Waals surface area contributed by atoms with Gasteiger partial charge in [-0.2, -0.15) is 0 Å². The lowest BCUT2D eigenvalue weighted by molar-refractivity contribution is -0.385. The van der Waals surface area contributed by atoms with Crippen LogP contribution in [0.3, 0.4) is 0 Å². The molecule has 112 valence electrons. The maximum atomic E-state index is 12.3. The van der Waals surface area contributed by atoms with E-state index in [1.165, 1.54) is 12.1 Å². The molecule has 0 unspecified atom stereocenters. The van der Waals surface area contributed by atoms with Crippen LogP contribution in [0.15, 0.2) is 24.3 Å². The fourth-order valence-corrected chi connectivity index (χ4v) is 3.89. The molecule has 1 aromatic rings. The summed E-state index contributed by atoms with van der Waals surface area (Å²) in [6.07, 6.45) is 2.92. The van der Waals surface area contributed by atoms with Crippen molar-refractivity contribution in [3.8, 4) is 0 Å². The maximum absolute atomic E-state index is 12.3. The van der Waals surface area contributed by atoms with Gasteiger partial charge in [0.15, 0.2) is 0 Å². The van der Waals surface area contributed by atoms with Crippen molar-refractivity contribution in [3.05, 3.63) is 39.9 Å². The smallest absolute Gasteiger partial charge is 0.345 e. The normalized spacial score (nSPS) is 29.3. The zero-order valence-corrected chi connectivity index (χ0v) is 12.2. The highest BCUT2D eigenvalue weighted by Gasteiger charge is 2.55. The molecule has 3 saturated carbocycles. The van der Waals surface area contributed by atoms with Crippen molar-refractivity contribution >= 4 is 11.7 Å². The largest absolute Gasteiger partial charge is 0.458 e. The minimum atomic E-state index is -0.576. The molecule has 0 N–H and O–H groups in total. The van der Waals surface area contributed by atoms with Gasteiger partial charge in [-0.05, 0) is 36.7 Å². The molecule has 3 atom stereocenters. The Bertz CT molecular complexity index is 594. The fourth-order valence-electron chi connectivity index (χ4n) is 3.89. The third-order valence-corrected chi connectivity index (χ3v) is 5.37. The molecule has 21 heavy (non-hydrogen) atoms. The van der Waals surface area contributed by atoms with Gasteiger partial charge in [-0.3, -0.25) is 10.1 Å². The monoisotopic (exact) mass is 289 g/mol. The van der Waals surface area contributed by atoms with Crippen molar-refractivity contribution in [3.63, 3.8) is 0 Å². The van der Waals surface area contributed by atoms with Crippen molar-refractivity contribution in [2.24, 2.45) is 17.3 Å². The van der Waals surface area contributed by atoms with Crippen LogP contribution in [-0.2, 0) is 4.74 Å². The number of hydrogen-bond donors (Lipinski definition) is 0. The molecule has 5 nitrogen and oxygen atoms in total. The number of benzene rings is 1. The molecule has 3 fully saturated rings. The average molecular weight is 289 g/mol. The molecule has 3 aliphatic rings. The van der Waals surface area contributed by atoms with E-state index in [1.54, 1.807) is 12.1 Å². The summed E-state index contributed by atoms with van der Waals surface area (Å²) in [7, 11) is 0. The second-order valence-corrected chi connectivity index (χ2v) is 6.66. The molecule has 4 rings (SSSR count).